The molecule has 46 valence electrons. The Kier molecular flexibility index (Phi) is 0.997. The van der Waals surface area contributed by atoms with Gasteiger partial charge in [-0.05, 0) is 0 Å². The first-order chi connectivity index (χ1) is 3.97. The zero-order chi connectivity index (χ0) is 5.40. The molecule has 2 rings (SSSR count). The van der Waals surface area contributed by atoms with Crippen molar-refractivity contribution < 1.29 is 14.2 Å². The topological polar surface area (TPSA) is 27.7 Å². The minimum atomic E-state index is 0.231. The largest absolute Gasteiger partial charge is 0.376 e. The average Bonchev–Trinajstić information content (AvgIpc) is 2.15. The molecule has 2 aliphatic rings. The lowest BCUT2D eigenvalue weighted by molar-refractivity contribution is -0.0109. The molecule has 2 fully saturated rings. The summed E-state index contributed by atoms with van der Waals surface area (Å²) in [4.78, 5) is 0. The van der Waals surface area contributed by atoms with Crippen LogP contribution in [0, 0.1) is 0 Å². The normalized spacial score (nSPS) is 45.0. The van der Waals surface area contributed by atoms with Crippen LogP contribution in [-0.4, -0.2) is 32.2 Å². The molecule has 2 aliphatic heterocycles. The average molecular weight is 116 g/mol. The maximum Gasteiger partial charge on any atom is 0.147 e. The molecule has 0 aliphatic carbocycles. The summed E-state index contributed by atoms with van der Waals surface area (Å²) in [6.07, 6.45) is 0.463. The molecule has 0 bridgehead atoms. The summed E-state index contributed by atoms with van der Waals surface area (Å²) in [5.41, 5.74) is 0. The second-order valence-electron chi connectivity index (χ2n) is 2.07. The summed E-state index contributed by atoms with van der Waals surface area (Å²) in [6.45, 7) is 1.88. The van der Waals surface area contributed by atoms with Crippen LogP contribution in [0.2, 0.25) is 0 Å². The first kappa shape index (κ1) is 4.73. The highest BCUT2D eigenvalue weighted by Gasteiger charge is 2.34. The van der Waals surface area contributed by atoms with E-state index in [-0.39, 0.29) is 12.2 Å². The van der Waals surface area contributed by atoms with Crippen LogP contribution in [0.4, 0.5) is 0 Å². The Balaban J connectivity index is 2.04. The predicted octanol–water partition coefficient (Wildman–Crippen LogP) is -0.242. The van der Waals surface area contributed by atoms with E-state index >= 15 is 0 Å². The Morgan fingerprint density at radius 1 is 1.00 bits per heavy atom. The van der Waals surface area contributed by atoms with Gasteiger partial charge in [0.15, 0.2) is 0 Å². The molecule has 3 heteroatoms. The fourth-order valence-corrected chi connectivity index (χ4v) is 1.04. The Hall–Kier alpha value is -0.120. The van der Waals surface area contributed by atoms with Gasteiger partial charge in [0.1, 0.15) is 19.0 Å². The van der Waals surface area contributed by atoms with E-state index in [4.69, 9.17) is 14.2 Å². The molecule has 8 heavy (non-hydrogen) atoms. The molecule has 0 saturated carbocycles. The van der Waals surface area contributed by atoms with Crippen LogP contribution < -0.4 is 0 Å². The van der Waals surface area contributed by atoms with Crippen molar-refractivity contribution in [2.24, 2.45) is 0 Å². The van der Waals surface area contributed by atoms with Gasteiger partial charge in [0.25, 0.3) is 0 Å². The van der Waals surface area contributed by atoms with Crippen LogP contribution in [0.5, 0.6) is 0 Å². The van der Waals surface area contributed by atoms with E-state index in [2.05, 4.69) is 0 Å². The van der Waals surface area contributed by atoms with E-state index in [0.29, 0.717) is 20.0 Å². The van der Waals surface area contributed by atoms with Gasteiger partial charge in [-0.1, -0.05) is 0 Å². The van der Waals surface area contributed by atoms with Crippen LogP contribution in [0.25, 0.3) is 0 Å². The van der Waals surface area contributed by atoms with Crippen molar-refractivity contribution in [1.29, 1.82) is 0 Å². The van der Waals surface area contributed by atoms with Crippen molar-refractivity contribution in [3.63, 3.8) is 0 Å². The first-order valence-corrected chi connectivity index (χ1v) is 2.78. The van der Waals surface area contributed by atoms with Gasteiger partial charge in [-0.25, -0.2) is 0 Å². The minimum Gasteiger partial charge on any atom is -0.376 e. The summed E-state index contributed by atoms with van der Waals surface area (Å²) in [6, 6.07) is 0. The number of fused-ring (bicyclic) bond motifs is 1. The van der Waals surface area contributed by atoms with Crippen LogP contribution in [0.1, 0.15) is 0 Å². The van der Waals surface area contributed by atoms with Gasteiger partial charge < -0.3 is 14.2 Å². The lowest BCUT2D eigenvalue weighted by Crippen LogP contribution is -2.18. The molecule has 2 heterocycles. The van der Waals surface area contributed by atoms with E-state index in [0.717, 1.165) is 0 Å². The summed E-state index contributed by atoms with van der Waals surface area (Å²) in [7, 11) is 0. The van der Waals surface area contributed by atoms with Crippen LogP contribution in [0.15, 0.2) is 0 Å². The third-order valence-electron chi connectivity index (χ3n) is 1.54. The van der Waals surface area contributed by atoms with E-state index in [9.17, 15) is 0 Å². The molecule has 0 aromatic rings. The van der Waals surface area contributed by atoms with Gasteiger partial charge in [-0.15, -0.1) is 0 Å². The Labute approximate surface area is 47.5 Å². The molecule has 0 amide bonds. The molecule has 0 spiro atoms. The lowest BCUT2D eigenvalue weighted by atomic mass is 10.3. The van der Waals surface area contributed by atoms with Gasteiger partial charge in [-0.3, -0.25) is 0 Å². The monoisotopic (exact) mass is 116 g/mol. The minimum absolute atomic E-state index is 0.231. The Bertz CT molecular complexity index is 73.7. The van der Waals surface area contributed by atoms with Crippen molar-refractivity contribution in [1.82, 2.24) is 0 Å². The number of ether oxygens (including phenoxy) is 3. The molecule has 0 radical (unpaired) electrons. The smallest absolute Gasteiger partial charge is 0.147 e. The highest BCUT2D eigenvalue weighted by molar-refractivity contribution is 4.78. The molecule has 0 N–H and O–H groups in total. The second kappa shape index (κ2) is 1.69. The molecule has 2 saturated heterocycles. The number of hydrogen-bond acceptors (Lipinski definition) is 3. The van der Waals surface area contributed by atoms with Gasteiger partial charge in [-0.2, -0.15) is 0 Å². The molecular formula is C5H8O3. The molecule has 0 aromatic carbocycles. The van der Waals surface area contributed by atoms with Gasteiger partial charge in [0.2, 0.25) is 0 Å². The highest BCUT2D eigenvalue weighted by atomic mass is 16.7. The SMILES string of the molecule is C1OC2COCC2O1. The first-order valence-electron chi connectivity index (χ1n) is 2.78. The summed E-state index contributed by atoms with van der Waals surface area (Å²) in [5, 5.41) is 0. The molecule has 3 nitrogen and oxygen atoms in total. The van der Waals surface area contributed by atoms with Crippen molar-refractivity contribution in [2.75, 3.05) is 20.0 Å². The fourth-order valence-electron chi connectivity index (χ4n) is 1.04. The van der Waals surface area contributed by atoms with Gasteiger partial charge in [0.05, 0.1) is 13.2 Å². The third kappa shape index (κ3) is 0.555. The Morgan fingerprint density at radius 3 is 2.25 bits per heavy atom. The maximum absolute atomic E-state index is 5.13. The third-order valence-corrected chi connectivity index (χ3v) is 1.54. The Morgan fingerprint density at radius 2 is 1.62 bits per heavy atom. The van der Waals surface area contributed by atoms with Crippen molar-refractivity contribution >= 4 is 0 Å². The molecule has 0 aromatic heterocycles. The van der Waals surface area contributed by atoms with Crippen LogP contribution in [-0.2, 0) is 14.2 Å². The molecule has 2 atom stereocenters. The van der Waals surface area contributed by atoms with E-state index < -0.39 is 0 Å². The summed E-state index contributed by atoms with van der Waals surface area (Å²) in [5.74, 6) is 0. The molecular weight excluding hydrogens is 108 g/mol. The lowest BCUT2D eigenvalue weighted by Gasteiger charge is -1.98. The van der Waals surface area contributed by atoms with Gasteiger partial charge >= 0.3 is 0 Å². The zero-order valence-electron chi connectivity index (χ0n) is 4.50. The molecule has 2 unspecified atom stereocenters. The van der Waals surface area contributed by atoms with Crippen molar-refractivity contribution in [3.05, 3.63) is 0 Å². The van der Waals surface area contributed by atoms with E-state index in [1.165, 1.54) is 0 Å². The van der Waals surface area contributed by atoms with E-state index in [1.54, 1.807) is 0 Å². The van der Waals surface area contributed by atoms with Crippen molar-refractivity contribution in [3.8, 4) is 0 Å². The number of hydrogen-bond donors (Lipinski definition) is 0. The van der Waals surface area contributed by atoms with Crippen molar-refractivity contribution in [2.45, 2.75) is 12.2 Å². The quantitative estimate of drug-likeness (QED) is 0.437. The van der Waals surface area contributed by atoms with E-state index in [1.807, 2.05) is 0 Å². The predicted molar refractivity (Wildman–Crippen MR) is 25.4 cm³/mol. The maximum atomic E-state index is 5.13. The standard InChI is InChI=1S/C5H8O3/c1-4-5(2-6-1)8-3-7-4/h4-5H,1-3H2. The second-order valence-corrected chi connectivity index (χ2v) is 2.07. The summed E-state index contributed by atoms with van der Waals surface area (Å²) >= 11 is 0. The van der Waals surface area contributed by atoms with Crippen LogP contribution >= 0.6 is 0 Å². The number of rotatable bonds is 0. The summed E-state index contributed by atoms with van der Waals surface area (Å²) < 4.78 is 15.3. The van der Waals surface area contributed by atoms with Gasteiger partial charge in [0, 0.05) is 0 Å². The highest BCUT2D eigenvalue weighted by Crippen LogP contribution is 2.18. The zero-order valence-corrected chi connectivity index (χ0v) is 4.50. The van der Waals surface area contributed by atoms with Crippen LogP contribution in [0.3, 0.4) is 0 Å². The fraction of sp³-hybridized carbons (Fsp3) is 1.00.